The van der Waals surface area contributed by atoms with Gasteiger partial charge in [0.25, 0.3) is 0 Å². The van der Waals surface area contributed by atoms with Gasteiger partial charge in [0.15, 0.2) is 17.3 Å². The fourth-order valence-corrected chi connectivity index (χ4v) is 13.6. The Balaban J connectivity index is 0.000000178. The molecule has 0 saturated heterocycles. The van der Waals surface area contributed by atoms with Crippen molar-refractivity contribution >= 4 is 87.9 Å². The van der Waals surface area contributed by atoms with E-state index in [0.717, 1.165) is 118 Å². The molecule has 0 aliphatic carbocycles. The number of carbonyl (C=O) groups excluding carboxylic acids is 11. The van der Waals surface area contributed by atoms with Gasteiger partial charge in [0, 0.05) is 33.8 Å². The number of Topliss-reactive ketones (excluding diaryl/α,β-unsaturated/α-hetero) is 3. The van der Waals surface area contributed by atoms with Crippen molar-refractivity contribution in [2.75, 3.05) is 4.90 Å². The predicted molar refractivity (Wildman–Crippen MR) is 470 cm³/mol. The van der Waals surface area contributed by atoms with E-state index in [-0.39, 0.29) is 63.7 Å². The minimum atomic E-state index is -1.57. The molecule has 0 N–H and O–H groups in total. The standard InChI is InChI=1S/C46H32O5.C28H20O5.C22H17NO5.C10H8O5.CH4/c1-29(47)30-2-4-31(5-3-30)32-6-12-37(13-7-32)42-26-43(38-14-8-33(9-15-38)35-18-22-40(23-19-35)45(48)49)28-44(27-42)39-16-10-34(11-17-39)36-20-24-41(25-21-36)46(50)51;1-17(29)18-2-4-19(5-3-18)24-14-25(20-6-10-22(11-7-20)27(30)31)16-26(15-24)21-8-12-23(13-9-21)28(32)33;1-14(24)15-2-8-18(9-3-15)23(19-10-4-16(5-11-19)21(25)26)20-12-6-17(7-13-20)22(27)28;1-5(11)6-2-7(9(12)13)4-8(3-6)10(14)15;/h2-28H,1H3,(H,48,49)(H,50,51);2-16H,1H3,(H,30,31)(H,32,33);2-13H,1H3,(H,25,26)(H,27,28);2-4,11H,1H2,(H,12,13)(H,14,15);1H4/p-9. The van der Waals surface area contributed by atoms with E-state index in [1.807, 2.05) is 83.8 Å². The zero-order valence-corrected chi connectivity index (χ0v) is 67.7. The summed E-state index contributed by atoms with van der Waals surface area (Å²) in [5.41, 5.74) is 20.7. The third kappa shape index (κ3) is 22.8. The molecule has 21 nitrogen and oxygen atoms in total. The summed E-state index contributed by atoms with van der Waals surface area (Å²) in [5.74, 6) is -11.3. The second-order valence-corrected chi connectivity index (χ2v) is 29.0. The fraction of sp³-hybridized carbons (Fsp3) is 0.0374. The average Bonchev–Trinajstić information content (AvgIpc) is 0.796. The highest BCUT2D eigenvalue weighted by Gasteiger charge is 2.17. The lowest BCUT2D eigenvalue weighted by atomic mass is 9.91. The molecule has 15 aromatic carbocycles. The predicted octanol–water partition coefficient (Wildman–Crippen LogP) is 12.7. The van der Waals surface area contributed by atoms with Crippen LogP contribution in [0.3, 0.4) is 0 Å². The summed E-state index contributed by atoms with van der Waals surface area (Å²) >= 11 is 0. The van der Waals surface area contributed by atoms with Crippen LogP contribution in [0.1, 0.15) is 148 Å². The molecule has 0 aliphatic rings. The number of carbonyl (C=O) groups is 11. The summed E-state index contributed by atoms with van der Waals surface area (Å²) in [5, 5.41) is 98.4. The van der Waals surface area contributed by atoms with E-state index in [9.17, 15) is 98.7 Å². The first-order valence-electron chi connectivity index (χ1n) is 38.9. The molecule has 0 amide bonds. The lowest BCUT2D eigenvalue weighted by molar-refractivity contribution is -0.256. The Bertz CT molecular complexity index is 6020. The van der Waals surface area contributed by atoms with Crippen LogP contribution < -0.4 is 50.9 Å². The van der Waals surface area contributed by atoms with Crippen LogP contribution in [-0.2, 0) is 0 Å². The number of benzene rings is 15. The largest absolute Gasteiger partial charge is 0.872 e. The van der Waals surface area contributed by atoms with Crippen molar-refractivity contribution in [3.63, 3.8) is 0 Å². The fourth-order valence-electron chi connectivity index (χ4n) is 13.6. The van der Waals surface area contributed by atoms with Crippen LogP contribution in [0.4, 0.5) is 17.1 Å². The van der Waals surface area contributed by atoms with Crippen molar-refractivity contribution in [1.29, 1.82) is 0 Å². The molecule has 634 valence electrons. The topological polar surface area (TPSA) is 399 Å². The Morgan fingerprint density at radius 2 is 0.297 bits per heavy atom. The maximum atomic E-state index is 11.7. The Kier molecular flexibility index (Phi) is 29.1. The van der Waals surface area contributed by atoms with Crippen molar-refractivity contribution in [1.82, 2.24) is 0 Å². The number of hydrogen-bond donors (Lipinski definition) is 0. The Hall–Kier alpha value is -17.6. The lowest BCUT2D eigenvalue weighted by Crippen LogP contribution is -2.26. The average molecular weight is 1690 g/mol. The number of hydrogen-bond acceptors (Lipinski definition) is 21. The molecule has 0 spiro atoms. The van der Waals surface area contributed by atoms with Gasteiger partial charge in [-0.3, -0.25) is 14.4 Å². The van der Waals surface area contributed by atoms with E-state index in [1.54, 1.807) is 140 Å². The summed E-state index contributed by atoms with van der Waals surface area (Å²) < 4.78 is 0. The minimum absolute atomic E-state index is 0. The van der Waals surface area contributed by atoms with Crippen LogP contribution in [0, 0.1) is 0 Å². The molecule has 0 atom stereocenters. The molecular weight excluding hydrogens is 1620 g/mol. The highest BCUT2D eigenvalue weighted by atomic mass is 16.4. The van der Waals surface area contributed by atoms with Crippen molar-refractivity contribution in [3.05, 3.63) is 419 Å². The molecule has 128 heavy (non-hydrogen) atoms. The maximum Gasteiger partial charge on any atom is 0.159 e. The van der Waals surface area contributed by atoms with Gasteiger partial charge in [-0.2, -0.15) is 0 Å². The third-order valence-corrected chi connectivity index (χ3v) is 20.6. The van der Waals surface area contributed by atoms with Gasteiger partial charge < -0.3 is 89.2 Å². The molecule has 0 saturated carbocycles. The van der Waals surface area contributed by atoms with Gasteiger partial charge in [0.2, 0.25) is 0 Å². The highest BCUT2D eigenvalue weighted by Crippen LogP contribution is 2.40. The Morgan fingerprint density at radius 3 is 0.445 bits per heavy atom. The van der Waals surface area contributed by atoms with Crippen LogP contribution in [0.2, 0.25) is 0 Å². The first kappa shape index (κ1) is 91.2. The second kappa shape index (κ2) is 40.9. The molecule has 0 unspecified atom stereocenters. The zero-order valence-electron chi connectivity index (χ0n) is 67.7. The van der Waals surface area contributed by atoms with Crippen molar-refractivity contribution in [2.24, 2.45) is 0 Å². The van der Waals surface area contributed by atoms with Gasteiger partial charge in [-0.15, -0.1) is 12.3 Å². The molecule has 15 aromatic rings. The van der Waals surface area contributed by atoms with Gasteiger partial charge in [-0.1, -0.05) is 250 Å². The number of ketones is 3. The first-order valence-corrected chi connectivity index (χ1v) is 38.9. The van der Waals surface area contributed by atoms with E-state index in [1.165, 1.54) is 62.4 Å². The first-order chi connectivity index (χ1) is 60.8. The van der Waals surface area contributed by atoms with E-state index >= 15 is 0 Å². The SMILES string of the molecule is C.C=C([O-])c1cc(C(=O)[O-])cc(C(=O)[O-])c1.CC(=O)c1ccc(-c2cc(-c3ccc(C(=O)[O-])cc3)cc(-c3ccc(C(=O)[O-])cc3)c2)cc1.CC(=O)c1ccc(-c2ccc(-c3cc(-c4ccc(-c5ccc(C(=O)[O-])cc5)cc4)cc(-c4ccc(-c5ccc(C(=O)[O-])cc5)cc4)c3)cc2)cc1.CC(=O)c1ccc(N(c2ccc(C(=O)[O-])cc2)c2ccc(C(=O)[O-])cc2)cc1. The number of carboxylic acid groups (broad SMARTS) is 8. The third-order valence-electron chi connectivity index (χ3n) is 20.6. The van der Waals surface area contributed by atoms with Crippen molar-refractivity contribution in [3.8, 4) is 100 Å². The quantitative estimate of drug-likeness (QED) is 0.0400. The Labute approximate surface area is 734 Å². The van der Waals surface area contributed by atoms with Crippen LogP contribution >= 0.6 is 0 Å². The Morgan fingerprint density at radius 1 is 0.172 bits per heavy atom. The van der Waals surface area contributed by atoms with E-state index in [2.05, 4.69) is 73.3 Å². The molecule has 0 bridgehead atoms. The zero-order chi connectivity index (χ0) is 90.9. The molecule has 21 heteroatoms. The number of anilines is 3. The highest BCUT2D eigenvalue weighted by molar-refractivity contribution is 5.99. The molecule has 15 rings (SSSR count). The van der Waals surface area contributed by atoms with Crippen LogP contribution in [0.5, 0.6) is 0 Å². The minimum Gasteiger partial charge on any atom is -0.872 e. The molecule has 0 aliphatic heterocycles. The van der Waals surface area contributed by atoms with Gasteiger partial charge in [-0.25, -0.2) is 0 Å². The lowest BCUT2D eigenvalue weighted by Gasteiger charge is -2.26. The van der Waals surface area contributed by atoms with E-state index in [4.69, 9.17) is 0 Å². The van der Waals surface area contributed by atoms with Crippen LogP contribution in [0.25, 0.3) is 106 Å². The number of nitrogens with zero attached hydrogens (tertiary/aromatic N) is 1. The molecule has 0 fully saturated rings. The van der Waals surface area contributed by atoms with E-state index in [0.29, 0.717) is 33.8 Å². The number of rotatable bonds is 24. The molecule has 0 radical (unpaired) electrons. The monoisotopic (exact) mass is 1690 g/mol. The normalized spacial score (nSPS) is 10.4. The van der Waals surface area contributed by atoms with Crippen molar-refractivity contribution in [2.45, 2.75) is 28.2 Å². The van der Waals surface area contributed by atoms with E-state index < -0.39 is 64.6 Å². The second-order valence-electron chi connectivity index (χ2n) is 29.0. The van der Waals surface area contributed by atoms with Crippen LogP contribution in [-0.4, -0.2) is 65.1 Å². The summed E-state index contributed by atoms with van der Waals surface area (Å²) in [6.45, 7) is 7.60. The van der Waals surface area contributed by atoms with Gasteiger partial charge in [0.05, 0.1) is 47.8 Å². The van der Waals surface area contributed by atoms with Crippen LogP contribution in [0.15, 0.2) is 352 Å². The van der Waals surface area contributed by atoms with Crippen molar-refractivity contribution < 1.29 is 98.7 Å². The smallest absolute Gasteiger partial charge is 0.159 e. The summed E-state index contributed by atoms with van der Waals surface area (Å²) in [6, 6.07) is 100. The number of carboxylic acids is 8. The molecule has 0 aromatic heterocycles. The summed E-state index contributed by atoms with van der Waals surface area (Å²) in [7, 11) is 0. The molecule has 0 heterocycles. The van der Waals surface area contributed by atoms with Gasteiger partial charge >= 0.3 is 0 Å². The maximum absolute atomic E-state index is 11.7. The number of aromatic carboxylic acids is 8. The summed E-state index contributed by atoms with van der Waals surface area (Å²) in [4.78, 5) is 124. The van der Waals surface area contributed by atoms with Gasteiger partial charge in [0.1, 0.15) is 0 Å². The molecular formula is C107H72NO20-9. The van der Waals surface area contributed by atoms with Gasteiger partial charge in [-0.05, 0) is 274 Å². The summed E-state index contributed by atoms with van der Waals surface area (Å²) in [6.07, 6.45) is 0.